The smallest absolute Gasteiger partial charge is 0.252 e. The fourth-order valence-electron chi connectivity index (χ4n) is 3.02. The fraction of sp³-hybridized carbons (Fsp3) is 0.333. The molecular weight excluding hydrogens is 309 g/mol. The number of anilines is 1. The first-order valence-electron chi connectivity index (χ1n) is 8.03. The van der Waals surface area contributed by atoms with Crippen LogP contribution >= 0.6 is 0 Å². The summed E-state index contributed by atoms with van der Waals surface area (Å²) in [5.41, 5.74) is 1.43. The lowest BCUT2D eigenvalue weighted by Crippen LogP contribution is -2.26. The van der Waals surface area contributed by atoms with Crippen molar-refractivity contribution in [1.82, 2.24) is 10.3 Å². The van der Waals surface area contributed by atoms with Gasteiger partial charge < -0.3 is 15.3 Å². The van der Waals surface area contributed by atoms with Crippen LogP contribution in [0, 0.1) is 5.82 Å². The number of nitrogens with zero attached hydrogens (tertiary/aromatic N) is 2. The van der Waals surface area contributed by atoms with E-state index < -0.39 is 6.10 Å². The number of aliphatic hydroxyl groups is 1. The van der Waals surface area contributed by atoms with Crippen LogP contribution in [0.1, 0.15) is 35.3 Å². The monoisotopic (exact) mass is 329 g/mol. The number of nitrogens with one attached hydrogen (secondary N) is 1. The molecule has 126 valence electrons. The average Bonchev–Trinajstić information content (AvgIpc) is 2.98. The summed E-state index contributed by atoms with van der Waals surface area (Å²) in [6.45, 7) is 2.87. The first-order chi connectivity index (χ1) is 11.6. The third-order valence-electron chi connectivity index (χ3n) is 4.18. The molecule has 3 rings (SSSR count). The van der Waals surface area contributed by atoms with E-state index in [1.807, 2.05) is 11.8 Å². The van der Waals surface area contributed by atoms with E-state index in [0.29, 0.717) is 30.9 Å². The first kappa shape index (κ1) is 16.4. The third kappa shape index (κ3) is 3.38. The molecule has 0 bridgehead atoms. The van der Waals surface area contributed by atoms with E-state index >= 15 is 0 Å². The van der Waals surface area contributed by atoms with Gasteiger partial charge in [-0.1, -0.05) is 12.1 Å². The SMILES string of the molecule is CCNC(=O)c1ccc(N2CC(O)CC2c2ccc(F)cc2)nc1. The summed E-state index contributed by atoms with van der Waals surface area (Å²) in [5.74, 6) is 0.246. The number of β-amino-alcohol motifs (C(OH)–C–C–N with tert-alkyl or cyclic N) is 1. The lowest BCUT2D eigenvalue weighted by molar-refractivity contribution is 0.0955. The summed E-state index contributed by atoms with van der Waals surface area (Å²) < 4.78 is 13.1. The van der Waals surface area contributed by atoms with E-state index in [4.69, 9.17) is 0 Å². The van der Waals surface area contributed by atoms with Crippen LogP contribution in [0.25, 0.3) is 0 Å². The third-order valence-corrected chi connectivity index (χ3v) is 4.18. The van der Waals surface area contributed by atoms with Crippen molar-refractivity contribution in [3.05, 3.63) is 59.5 Å². The maximum atomic E-state index is 13.1. The predicted octanol–water partition coefficient (Wildman–Crippen LogP) is 2.28. The Hall–Kier alpha value is -2.47. The van der Waals surface area contributed by atoms with E-state index in [1.54, 1.807) is 24.3 Å². The number of rotatable bonds is 4. The van der Waals surface area contributed by atoms with Gasteiger partial charge in [-0.15, -0.1) is 0 Å². The van der Waals surface area contributed by atoms with Crippen LogP contribution in [0.2, 0.25) is 0 Å². The zero-order valence-electron chi connectivity index (χ0n) is 13.4. The van der Waals surface area contributed by atoms with Crippen molar-refractivity contribution in [2.45, 2.75) is 25.5 Å². The van der Waals surface area contributed by atoms with Gasteiger partial charge in [0, 0.05) is 19.3 Å². The Kier molecular flexibility index (Phi) is 4.76. The second-order valence-corrected chi connectivity index (χ2v) is 5.87. The highest BCUT2D eigenvalue weighted by atomic mass is 19.1. The molecule has 0 aliphatic carbocycles. The number of hydrogen-bond donors (Lipinski definition) is 2. The van der Waals surface area contributed by atoms with Crippen LogP contribution in [-0.4, -0.2) is 35.2 Å². The number of hydrogen-bond acceptors (Lipinski definition) is 4. The van der Waals surface area contributed by atoms with E-state index in [1.165, 1.54) is 18.3 Å². The van der Waals surface area contributed by atoms with Crippen LogP contribution in [0.3, 0.4) is 0 Å². The molecule has 1 aromatic carbocycles. The molecule has 2 unspecified atom stereocenters. The predicted molar refractivity (Wildman–Crippen MR) is 89.4 cm³/mol. The number of aliphatic hydroxyl groups excluding tert-OH is 1. The molecule has 1 aliphatic heterocycles. The van der Waals surface area contributed by atoms with Crippen molar-refractivity contribution in [2.75, 3.05) is 18.0 Å². The zero-order chi connectivity index (χ0) is 17.1. The number of amides is 1. The molecule has 2 N–H and O–H groups in total. The number of aromatic nitrogens is 1. The normalized spacial score (nSPS) is 20.2. The zero-order valence-corrected chi connectivity index (χ0v) is 13.4. The Morgan fingerprint density at radius 3 is 2.71 bits per heavy atom. The number of carbonyl (C=O) groups is 1. The van der Waals surface area contributed by atoms with Gasteiger partial charge in [-0.2, -0.15) is 0 Å². The van der Waals surface area contributed by atoms with Gasteiger partial charge in [-0.3, -0.25) is 4.79 Å². The van der Waals surface area contributed by atoms with Gasteiger partial charge in [0.05, 0.1) is 17.7 Å². The molecule has 2 heterocycles. The van der Waals surface area contributed by atoms with E-state index in [0.717, 1.165) is 5.56 Å². The standard InChI is InChI=1S/C18H20FN3O2/c1-2-20-18(24)13-5-8-17(21-10-13)22-11-15(23)9-16(22)12-3-6-14(19)7-4-12/h3-8,10,15-16,23H,2,9,11H2,1H3,(H,20,24). The molecule has 1 amide bonds. The van der Waals surface area contributed by atoms with Gasteiger partial charge in [0.15, 0.2) is 0 Å². The van der Waals surface area contributed by atoms with Crippen LogP contribution in [-0.2, 0) is 0 Å². The molecule has 0 radical (unpaired) electrons. The molecule has 6 heteroatoms. The Balaban J connectivity index is 1.83. The minimum atomic E-state index is -0.468. The summed E-state index contributed by atoms with van der Waals surface area (Å²) in [6, 6.07) is 9.73. The van der Waals surface area contributed by atoms with Crippen molar-refractivity contribution in [2.24, 2.45) is 0 Å². The minimum absolute atomic E-state index is 0.0663. The largest absolute Gasteiger partial charge is 0.391 e. The number of carbonyl (C=O) groups excluding carboxylic acids is 1. The van der Waals surface area contributed by atoms with Crippen LogP contribution in [0.5, 0.6) is 0 Å². The molecule has 1 saturated heterocycles. The summed E-state index contributed by atoms with van der Waals surface area (Å²) in [7, 11) is 0. The molecule has 5 nitrogen and oxygen atoms in total. The Morgan fingerprint density at radius 1 is 1.33 bits per heavy atom. The first-order valence-corrected chi connectivity index (χ1v) is 8.03. The maximum absolute atomic E-state index is 13.1. The molecule has 2 aromatic rings. The van der Waals surface area contributed by atoms with E-state index in [2.05, 4.69) is 10.3 Å². The van der Waals surface area contributed by atoms with Gasteiger partial charge in [0.1, 0.15) is 11.6 Å². The summed E-state index contributed by atoms with van der Waals surface area (Å²) in [5, 5.41) is 12.8. The number of pyridine rings is 1. The molecule has 0 spiro atoms. The Morgan fingerprint density at radius 2 is 2.08 bits per heavy atom. The highest BCUT2D eigenvalue weighted by Gasteiger charge is 2.33. The van der Waals surface area contributed by atoms with E-state index in [9.17, 15) is 14.3 Å². The van der Waals surface area contributed by atoms with Crippen LogP contribution < -0.4 is 10.2 Å². The van der Waals surface area contributed by atoms with Crippen LogP contribution in [0.15, 0.2) is 42.6 Å². The van der Waals surface area contributed by atoms with Crippen molar-refractivity contribution in [3.8, 4) is 0 Å². The molecule has 1 aliphatic rings. The molecular formula is C18H20FN3O2. The van der Waals surface area contributed by atoms with Gasteiger partial charge in [-0.05, 0) is 43.2 Å². The number of halogens is 1. The summed E-state index contributed by atoms with van der Waals surface area (Å²) in [4.78, 5) is 18.2. The van der Waals surface area contributed by atoms with Gasteiger partial charge in [0.2, 0.25) is 0 Å². The van der Waals surface area contributed by atoms with Crippen molar-refractivity contribution in [1.29, 1.82) is 0 Å². The molecule has 1 fully saturated rings. The topological polar surface area (TPSA) is 65.5 Å². The van der Waals surface area contributed by atoms with E-state index in [-0.39, 0.29) is 17.8 Å². The molecule has 2 atom stereocenters. The van der Waals surface area contributed by atoms with Gasteiger partial charge >= 0.3 is 0 Å². The molecule has 1 aromatic heterocycles. The molecule has 24 heavy (non-hydrogen) atoms. The average molecular weight is 329 g/mol. The highest BCUT2D eigenvalue weighted by molar-refractivity contribution is 5.94. The molecule has 0 saturated carbocycles. The maximum Gasteiger partial charge on any atom is 0.252 e. The van der Waals surface area contributed by atoms with Crippen molar-refractivity contribution >= 4 is 11.7 Å². The number of benzene rings is 1. The van der Waals surface area contributed by atoms with Crippen molar-refractivity contribution < 1.29 is 14.3 Å². The fourth-order valence-corrected chi connectivity index (χ4v) is 3.02. The highest BCUT2D eigenvalue weighted by Crippen LogP contribution is 2.35. The quantitative estimate of drug-likeness (QED) is 0.903. The second kappa shape index (κ2) is 6.97. The Labute approximate surface area is 140 Å². The lowest BCUT2D eigenvalue weighted by atomic mass is 10.0. The lowest BCUT2D eigenvalue weighted by Gasteiger charge is -2.25. The van der Waals surface area contributed by atoms with Gasteiger partial charge in [0.25, 0.3) is 5.91 Å². The van der Waals surface area contributed by atoms with Crippen LogP contribution in [0.4, 0.5) is 10.2 Å². The minimum Gasteiger partial charge on any atom is -0.391 e. The van der Waals surface area contributed by atoms with Crippen molar-refractivity contribution in [3.63, 3.8) is 0 Å². The second-order valence-electron chi connectivity index (χ2n) is 5.87. The summed E-state index contributed by atoms with van der Waals surface area (Å²) >= 11 is 0. The summed E-state index contributed by atoms with van der Waals surface area (Å²) in [6.07, 6.45) is 1.63. The van der Waals surface area contributed by atoms with Gasteiger partial charge in [-0.25, -0.2) is 9.37 Å². The Bertz CT molecular complexity index is 703.